The molecule has 0 spiro atoms. The molecule has 0 saturated heterocycles. The predicted molar refractivity (Wildman–Crippen MR) is 72.3 cm³/mol. The molecule has 0 saturated carbocycles. The van der Waals surface area contributed by atoms with Crippen LogP contribution in [0.1, 0.15) is 20.8 Å². The summed E-state index contributed by atoms with van der Waals surface area (Å²) in [6.45, 7) is 7.86. The molecule has 0 aromatic heterocycles. The average molecular weight is 235 g/mol. The fraction of sp³-hybridized carbons (Fsp3) is 0.462. The Bertz CT molecular complexity index is 355. The number of nitrogens with two attached hydrogens (primary N) is 1. The van der Waals surface area contributed by atoms with Crippen LogP contribution in [0.25, 0.3) is 0 Å². The van der Waals surface area contributed by atoms with Crippen LogP contribution in [-0.2, 0) is 4.79 Å². The highest BCUT2D eigenvalue weighted by atomic mass is 16.2. The highest BCUT2D eigenvalue weighted by Crippen LogP contribution is 2.17. The lowest BCUT2D eigenvalue weighted by atomic mass is 10.2. The van der Waals surface area contributed by atoms with Crippen LogP contribution in [0.5, 0.6) is 0 Å². The minimum Gasteiger partial charge on any atom is -0.372 e. The molecule has 1 aromatic rings. The van der Waals surface area contributed by atoms with Crippen LogP contribution >= 0.6 is 0 Å². The third-order valence-corrected chi connectivity index (χ3v) is 2.68. The molecule has 0 fully saturated rings. The van der Waals surface area contributed by atoms with Crippen LogP contribution in [0, 0.1) is 0 Å². The van der Waals surface area contributed by atoms with Gasteiger partial charge in [0.05, 0.1) is 6.04 Å². The molecule has 0 aliphatic rings. The second-order valence-corrected chi connectivity index (χ2v) is 4.00. The average Bonchev–Trinajstić information content (AvgIpc) is 2.32. The molecule has 0 bridgehead atoms. The largest absolute Gasteiger partial charge is 0.372 e. The van der Waals surface area contributed by atoms with Gasteiger partial charge in [0.25, 0.3) is 0 Å². The SMILES string of the molecule is CCN(CC)c1ccc(NC(=O)[C@@H](C)N)cc1. The van der Waals surface area contributed by atoms with E-state index in [1.165, 1.54) is 0 Å². The van der Waals surface area contributed by atoms with Crippen LogP contribution in [-0.4, -0.2) is 25.0 Å². The number of benzene rings is 1. The van der Waals surface area contributed by atoms with Crippen LogP contribution in [0.4, 0.5) is 11.4 Å². The fourth-order valence-electron chi connectivity index (χ4n) is 1.60. The molecule has 1 aromatic carbocycles. The molecule has 4 heteroatoms. The third-order valence-electron chi connectivity index (χ3n) is 2.68. The molecule has 3 N–H and O–H groups in total. The van der Waals surface area contributed by atoms with E-state index in [-0.39, 0.29) is 5.91 Å². The molecule has 0 radical (unpaired) electrons. The second-order valence-electron chi connectivity index (χ2n) is 4.00. The standard InChI is InChI=1S/C13H21N3O/c1-4-16(5-2)12-8-6-11(7-9-12)15-13(17)10(3)14/h6-10H,4-5,14H2,1-3H3,(H,15,17)/t10-/m1/s1. The zero-order chi connectivity index (χ0) is 12.8. The van der Waals surface area contributed by atoms with Gasteiger partial charge < -0.3 is 16.0 Å². The van der Waals surface area contributed by atoms with Crippen LogP contribution in [0.2, 0.25) is 0 Å². The summed E-state index contributed by atoms with van der Waals surface area (Å²) in [4.78, 5) is 13.6. The van der Waals surface area contributed by atoms with Crippen molar-refractivity contribution in [1.82, 2.24) is 0 Å². The van der Waals surface area contributed by atoms with Crippen molar-refractivity contribution in [3.8, 4) is 0 Å². The highest BCUT2D eigenvalue weighted by Gasteiger charge is 2.07. The maximum absolute atomic E-state index is 11.4. The molecular weight excluding hydrogens is 214 g/mol. The van der Waals surface area contributed by atoms with Gasteiger partial charge in [-0.25, -0.2) is 0 Å². The Kier molecular flexibility index (Phi) is 4.97. The highest BCUT2D eigenvalue weighted by molar-refractivity contribution is 5.94. The van der Waals surface area contributed by atoms with E-state index in [0.717, 1.165) is 24.5 Å². The quantitative estimate of drug-likeness (QED) is 0.818. The lowest BCUT2D eigenvalue weighted by Gasteiger charge is -2.21. The first-order valence-corrected chi connectivity index (χ1v) is 6.00. The van der Waals surface area contributed by atoms with Gasteiger partial charge in [0, 0.05) is 24.5 Å². The normalized spacial score (nSPS) is 12.0. The molecule has 4 nitrogen and oxygen atoms in total. The Labute approximate surface area is 103 Å². The molecular formula is C13H21N3O. The first kappa shape index (κ1) is 13.5. The van der Waals surface area contributed by atoms with Gasteiger partial charge in [-0.3, -0.25) is 4.79 Å². The van der Waals surface area contributed by atoms with E-state index in [0.29, 0.717) is 0 Å². The molecule has 94 valence electrons. The summed E-state index contributed by atoms with van der Waals surface area (Å²) in [5.74, 6) is -0.166. The first-order chi connectivity index (χ1) is 8.08. The van der Waals surface area contributed by atoms with Crippen molar-refractivity contribution in [2.75, 3.05) is 23.3 Å². The van der Waals surface area contributed by atoms with Crippen molar-refractivity contribution in [2.24, 2.45) is 5.73 Å². The van der Waals surface area contributed by atoms with Crippen molar-refractivity contribution >= 4 is 17.3 Å². The number of nitrogens with one attached hydrogen (secondary N) is 1. The maximum atomic E-state index is 11.4. The van der Waals surface area contributed by atoms with E-state index in [9.17, 15) is 4.79 Å². The number of hydrogen-bond acceptors (Lipinski definition) is 3. The van der Waals surface area contributed by atoms with Crippen molar-refractivity contribution in [1.29, 1.82) is 0 Å². The van der Waals surface area contributed by atoms with E-state index in [4.69, 9.17) is 5.73 Å². The number of nitrogens with zero attached hydrogens (tertiary/aromatic N) is 1. The predicted octanol–water partition coefficient (Wildman–Crippen LogP) is 1.82. The zero-order valence-electron chi connectivity index (χ0n) is 10.7. The summed E-state index contributed by atoms with van der Waals surface area (Å²) in [6, 6.07) is 7.31. The van der Waals surface area contributed by atoms with E-state index in [2.05, 4.69) is 24.1 Å². The minimum atomic E-state index is -0.488. The fourth-order valence-corrected chi connectivity index (χ4v) is 1.60. The minimum absolute atomic E-state index is 0.166. The van der Waals surface area contributed by atoms with Gasteiger partial charge in [-0.1, -0.05) is 0 Å². The lowest BCUT2D eigenvalue weighted by molar-refractivity contribution is -0.117. The van der Waals surface area contributed by atoms with Crippen LogP contribution < -0.4 is 16.0 Å². The number of rotatable bonds is 5. The molecule has 0 aliphatic carbocycles. The Morgan fingerprint density at radius 1 is 1.29 bits per heavy atom. The third kappa shape index (κ3) is 3.75. The van der Waals surface area contributed by atoms with Gasteiger partial charge in [0.15, 0.2) is 0 Å². The maximum Gasteiger partial charge on any atom is 0.240 e. The summed E-state index contributed by atoms with van der Waals surface area (Å²) in [6.07, 6.45) is 0. The van der Waals surface area contributed by atoms with Crippen molar-refractivity contribution in [3.05, 3.63) is 24.3 Å². The number of amides is 1. The summed E-state index contributed by atoms with van der Waals surface area (Å²) in [5, 5.41) is 2.76. The topological polar surface area (TPSA) is 58.4 Å². The molecule has 17 heavy (non-hydrogen) atoms. The number of hydrogen-bond donors (Lipinski definition) is 2. The number of carbonyl (C=O) groups excluding carboxylic acids is 1. The van der Waals surface area contributed by atoms with Crippen LogP contribution in [0.15, 0.2) is 24.3 Å². The van der Waals surface area contributed by atoms with Crippen molar-refractivity contribution in [2.45, 2.75) is 26.8 Å². The Morgan fingerprint density at radius 2 is 1.82 bits per heavy atom. The summed E-state index contributed by atoms with van der Waals surface area (Å²) < 4.78 is 0. The Morgan fingerprint density at radius 3 is 2.24 bits per heavy atom. The Balaban J connectivity index is 2.71. The summed E-state index contributed by atoms with van der Waals surface area (Å²) in [7, 11) is 0. The van der Waals surface area contributed by atoms with E-state index in [1.54, 1.807) is 6.92 Å². The van der Waals surface area contributed by atoms with Crippen molar-refractivity contribution in [3.63, 3.8) is 0 Å². The molecule has 0 aliphatic heterocycles. The van der Waals surface area contributed by atoms with E-state index < -0.39 is 6.04 Å². The van der Waals surface area contributed by atoms with Gasteiger partial charge in [-0.2, -0.15) is 0 Å². The van der Waals surface area contributed by atoms with Gasteiger partial charge in [-0.05, 0) is 45.0 Å². The summed E-state index contributed by atoms with van der Waals surface area (Å²) >= 11 is 0. The smallest absolute Gasteiger partial charge is 0.240 e. The van der Waals surface area contributed by atoms with Crippen molar-refractivity contribution < 1.29 is 4.79 Å². The molecule has 0 unspecified atom stereocenters. The number of anilines is 2. The zero-order valence-corrected chi connectivity index (χ0v) is 10.7. The molecule has 0 heterocycles. The lowest BCUT2D eigenvalue weighted by Crippen LogP contribution is -2.32. The van der Waals surface area contributed by atoms with E-state index >= 15 is 0 Å². The Hall–Kier alpha value is -1.55. The molecule has 1 amide bonds. The molecule has 1 atom stereocenters. The summed E-state index contributed by atoms with van der Waals surface area (Å²) in [5.41, 5.74) is 7.43. The molecule has 1 rings (SSSR count). The van der Waals surface area contributed by atoms with Gasteiger partial charge >= 0.3 is 0 Å². The first-order valence-electron chi connectivity index (χ1n) is 6.00. The van der Waals surface area contributed by atoms with E-state index in [1.807, 2.05) is 24.3 Å². The monoisotopic (exact) mass is 235 g/mol. The number of carbonyl (C=O) groups is 1. The van der Waals surface area contributed by atoms with Gasteiger partial charge in [-0.15, -0.1) is 0 Å². The van der Waals surface area contributed by atoms with Gasteiger partial charge in [0.1, 0.15) is 0 Å². The second kappa shape index (κ2) is 6.25. The van der Waals surface area contributed by atoms with Crippen LogP contribution in [0.3, 0.4) is 0 Å². The van der Waals surface area contributed by atoms with Gasteiger partial charge in [0.2, 0.25) is 5.91 Å².